The summed E-state index contributed by atoms with van der Waals surface area (Å²) in [6.07, 6.45) is -1.78. The van der Waals surface area contributed by atoms with E-state index in [-0.39, 0.29) is 5.92 Å². The molecule has 0 amide bonds. The lowest BCUT2D eigenvalue weighted by molar-refractivity contribution is -0.143. The minimum Gasteiger partial charge on any atom is -0.369 e. The highest BCUT2D eigenvalue weighted by Gasteiger charge is 2.34. The van der Waals surface area contributed by atoms with Gasteiger partial charge in [-0.15, -0.1) is 0 Å². The molecule has 0 aliphatic carbocycles. The van der Waals surface area contributed by atoms with Gasteiger partial charge in [0.05, 0.1) is 12.1 Å². The average molecular weight is 341 g/mol. The molecule has 2 aromatic heterocycles. The van der Waals surface area contributed by atoms with Crippen molar-refractivity contribution in [2.45, 2.75) is 19.5 Å². The number of nitrogens with one attached hydrogen (secondary N) is 1. The molecule has 9 heteroatoms. The lowest BCUT2D eigenvalue weighted by Crippen LogP contribution is -2.33. The third-order valence-corrected chi connectivity index (χ3v) is 3.90. The normalized spacial score (nSPS) is 18.9. The molecule has 2 aromatic rings. The van der Waals surface area contributed by atoms with Crippen LogP contribution in [0.5, 0.6) is 0 Å². The van der Waals surface area contributed by atoms with Crippen LogP contribution in [0.3, 0.4) is 0 Å². The molecule has 24 heavy (non-hydrogen) atoms. The molecule has 1 fully saturated rings. The van der Waals surface area contributed by atoms with E-state index in [9.17, 15) is 13.2 Å². The summed E-state index contributed by atoms with van der Waals surface area (Å²) in [6.45, 7) is 2.31. The number of nitrogens with zero attached hydrogens (tertiary/aromatic N) is 4. The van der Waals surface area contributed by atoms with E-state index in [1.165, 1.54) is 4.90 Å². The van der Waals surface area contributed by atoms with E-state index in [1.807, 2.05) is 6.07 Å². The first-order valence-electron chi connectivity index (χ1n) is 7.69. The first kappa shape index (κ1) is 16.7. The Morgan fingerprint density at radius 1 is 1.42 bits per heavy atom. The van der Waals surface area contributed by atoms with Crippen molar-refractivity contribution in [3.05, 3.63) is 24.2 Å². The average Bonchev–Trinajstić information content (AvgIpc) is 3.13. The molecule has 1 atom stereocenters. The summed E-state index contributed by atoms with van der Waals surface area (Å²) in [6, 6.07) is 3.58. The van der Waals surface area contributed by atoms with Crippen molar-refractivity contribution >= 4 is 5.82 Å². The largest absolute Gasteiger partial charge is 0.401 e. The van der Waals surface area contributed by atoms with E-state index in [2.05, 4.69) is 20.4 Å². The fourth-order valence-electron chi connectivity index (χ4n) is 2.84. The lowest BCUT2D eigenvalue weighted by atomic mass is 10.1. The van der Waals surface area contributed by atoms with Gasteiger partial charge in [-0.3, -0.25) is 4.90 Å². The fourth-order valence-corrected chi connectivity index (χ4v) is 2.84. The maximum Gasteiger partial charge on any atom is 0.401 e. The predicted octanol–water partition coefficient (Wildman–Crippen LogP) is 2.74. The van der Waals surface area contributed by atoms with Gasteiger partial charge in [-0.05, 0) is 37.9 Å². The number of aromatic nitrogens is 3. The monoisotopic (exact) mass is 341 g/mol. The van der Waals surface area contributed by atoms with Crippen molar-refractivity contribution in [3.8, 4) is 11.5 Å². The Morgan fingerprint density at radius 2 is 2.25 bits per heavy atom. The maximum atomic E-state index is 12.4. The first-order valence-corrected chi connectivity index (χ1v) is 7.69. The number of aryl methyl sites for hydroxylation is 1. The van der Waals surface area contributed by atoms with E-state index < -0.39 is 12.7 Å². The minimum absolute atomic E-state index is 0.145. The number of halogens is 3. The van der Waals surface area contributed by atoms with Gasteiger partial charge in [-0.25, -0.2) is 4.98 Å². The molecule has 3 heterocycles. The van der Waals surface area contributed by atoms with Crippen LogP contribution in [-0.4, -0.2) is 52.4 Å². The Balaban J connectivity index is 1.60. The van der Waals surface area contributed by atoms with Gasteiger partial charge in [-0.1, -0.05) is 5.16 Å². The molecule has 1 aliphatic heterocycles. The zero-order valence-electron chi connectivity index (χ0n) is 13.2. The zero-order chi connectivity index (χ0) is 17.2. The number of likely N-dealkylation sites (tertiary alicyclic amines) is 1. The highest BCUT2D eigenvalue weighted by atomic mass is 19.4. The Kier molecular flexibility index (Phi) is 4.70. The summed E-state index contributed by atoms with van der Waals surface area (Å²) >= 11 is 0. The van der Waals surface area contributed by atoms with Crippen LogP contribution in [0.4, 0.5) is 19.0 Å². The molecule has 1 aliphatic rings. The number of rotatable bonds is 5. The quantitative estimate of drug-likeness (QED) is 0.902. The Morgan fingerprint density at radius 3 is 2.96 bits per heavy atom. The van der Waals surface area contributed by atoms with Crippen molar-refractivity contribution in [3.63, 3.8) is 0 Å². The molecule has 1 saturated heterocycles. The van der Waals surface area contributed by atoms with Crippen LogP contribution in [0, 0.1) is 12.8 Å². The van der Waals surface area contributed by atoms with Crippen LogP contribution in [0.15, 0.2) is 22.9 Å². The van der Waals surface area contributed by atoms with Crippen LogP contribution in [-0.2, 0) is 0 Å². The van der Waals surface area contributed by atoms with Crippen molar-refractivity contribution in [1.82, 2.24) is 20.0 Å². The predicted molar refractivity (Wildman–Crippen MR) is 81.4 cm³/mol. The molecular weight excluding hydrogens is 323 g/mol. The van der Waals surface area contributed by atoms with Gasteiger partial charge in [-0.2, -0.15) is 18.2 Å². The van der Waals surface area contributed by atoms with Gasteiger partial charge in [0, 0.05) is 19.3 Å². The molecule has 0 saturated carbocycles. The summed E-state index contributed by atoms with van der Waals surface area (Å²) in [5.74, 6) is 1.63. The van der Waals surface area contributed by atoms with Gasteiger partial charge in [0.1, 0.15) is 5.82 Å². The Hall–Kier alpha value is -2.16. The minimum atomic E-state index is -4.15. The molecular formula is C15H18F3N5O. The fraction of sp³-hybridized carbons (Fsp3) is 0.533. The zero-order valence-corrected chi connectivity index (χ0v) is 13.2. The summed E-state index contributed by atoms with van der Waals surface area (Å²) in [4.78, 5) is 9.89. The van der Waals surface area contributed by atoms with E-state index >= 15 is 0 Å². The number of hydrogen-bond acceptors (Lipinski definition) is 6. The molecule has 0 radical (unpaired) electrons. The SMILES string of the molecule is Cc1noc(-c2cccnc2NC[C@H]2CCN(CC(F)(F)F)C2)n1. The first-order chi connectivity index (χ1) is 11.4. The molecule has 0 spiro atoms. The lowest BCUT2D eigenvalue weighted by Gasteiger charge is -2.18. The van der Waals surface area contributed by atoms with Crippen LogP contribution in [0.1, 0.15) is 12.2 Å². The number of anilines is 1. The summed E-state index contributed by atoms with van der Waals surface area (Å²) in [5, 5.41) is 6.96. The molecule has 0 aromatic carbocycles. The van der Waals surface area contributed by atoms with Gasteiger partial charge >= 0.3 is 6.18 Å². The van der Waals surface area contributed by atoms with Crippen LogP contribution >= 0.6 is 0 Å². The summed E-state index contributed by atoms with van der Waals surface area (Å²) in [7, 11) is 0. The number of alkyl halides is 3. The van der Waals surface area contributed by atoms with Crippen molar-refractivity contribution < 1.29 is 17.7 Å². The Bertz CT molecular complexity index is 688. The molecule has 6 nitrogen and oxygen atoms in total. The van der Waals surface area contributed by atoms with Crippen LogP contribution < -0.4 is 5.32 Å². The molecule has 1 N–H and O–H groups in total. The smallest absolute Gasteiger partial charge is 0.369 e. The van der Waals surface area contributed by atoms with E-state index in [0.717, 1.165) is 6.42 Å². The summed E-state index contributed by atoms with van der Waals surface area (Å²) < 4.78 is 42.5. The van der Waals surface area contributed by atoms with Crippen molar-refractivity contribution in [2.24, 2.45) is 5.92 Å². The van der Waals surface area contributed by atoms with Gasteiger partial charge in [0.25, 0.3) is 5.89 Å². The van der Waals surface area contributed by atoms with Crippen molar-refractivity contribution in [2.75, 3.05) is 31.5 Å². The second-order valence-electron chi connectivity index (χ2n) is 5.93. The highest BCUT2D eigenvalue weighted by molar-refractivity contribution is 5.68. The molecule has 3 rings (SSSR count). The standard InChI is InChI=1S/C15H18F3N5O/c1-10-21-14(24-22-10)12-3-2-5-19-13(12)20-7-11-4-6-23(8-11)9-15(16,17)18/h2-3,5,11H,4,6-9H2,1H3,(H,19,20)/t11-/m1/s1. The molecule has 0 unspecified atom stereocenters. The second kappa shape index (κ2) is 6.76. The maximum absolute atomic E-state index is 12.4. The third-order valence-electron chi connectivity index (χ3n) is 3.90. The van der Waals surface area contributed by atoms with E-state index in [0.29, 0.717) is 42.7 Å². The van der Waals surface area contributed by atoms with Gasteiger partial charge in [0.15, 0.2) is 5.82 Å². The van der Waals surface area contributed by atoms with Gasteiger partial charge < -0.3 is 9.84 Å². The molecule has 0 bridgehead atoms. The Labute approximate surface area is 137 Å². The van der Waals surface area contributed by atoms with E-state index in [4.69, 9.17) is 4.52 Å². The topological polar surface area (TPSA) is 67.1 Å². The van der Waals surface area contributed by atoms with E-state index in [1.54, 1.807) is 19.2 Å². The van der Waals surface area contributed by atoms with Crippen LogP contribution in [0.2, 0.25) is 0 Å². The molecule has 130 valence electrons. The number of hydrogen-bond donors (Lipinski definition) is 1. The second-order valence-corrected chi connectivity index (χ2v) is 5.93. The van der Waals surface area contributed by atoms with Crippen molar-refractivity contribution in [1.29, 1.82) is 0 Å². The third kappa shape index (κ3) is 4.22. The van der Waals surface area contributed by atoms with Crippen LogP contribution in [0.25, 0.3) is 11.5 Å². The number of pyridine rings is 1. The summed E-state index contributed by atoms with van der Waals surface area (Å²) in [5.41, 5.74) is 0.684. The highest BCUT2D eigenvalue weighted by Crippen LogP contribution is 2.26. The van der Waals surface area contributed by atoms with Gasteiger partial charge in [0.2, 0.25) is 0 Å².